The van der Waals surface area contributed by atoms with Crippen LogP contribution in [0.4, 0.5) is 0 Å². The summed E-state index contributed by atoms with van der Waals surface area (Å²) in [6, 6.07) is 0.873. The number of rotatable bonds is 17. The lowest BCUT2D eigenvalue weighted by atomic mass is 9.96. The molecule has 1 aromatic carbocycles. The molecule has 0 aliphatic rings. The number of aromatic hydroxyl groups is 1. The Hall–Kier alpha value is -4.40. The van der Waals surface area contributed by atoms with Crippen LogP contribution in [0.2, 0.25) is 0 Å². The van der Waals surface area contributed by atoms with Crippen LogP contribution >= 0.6 is 0 Å². The molecular formula is C25H40N8O7. The van der Waals surface area contributed by atoms with Gasteiger partial charge in [0.15, 0.2) is 5.96 Å². The number of carbonyl (C=O) groups is 5. The highest BCUT2D eigenvalue weighted by molar-refractivity contribution is 5.95. The minimum Gasteiger partial charge on any atom is -0.508 e. The molecule has 1 aromatic rings. The van der Waals surface area contributed by atoms with Crippen molar-refractivity contribution in [3.8, 4) is 5.75 Å². The molecule has 0 aliphatic carbocycles. The number of primary amides is 1. The van der Waals surface area contributed by atoms with E-state index in [-0.39, 0.29) is 37.0 Å². The molecular weight excluding hydrogens is 524 g/mol. The summed E-state index contributed by atoms with van der Waals surface area (Å²) in [6.07, 6.45) is 0.420. The Morgan fingerprint density at radius 3 is 2.05 bits per heavy atom. The third-order valence-electron chi connectivity index (χ3n) is 6.13. The van der Waals surface area contributed by atoms with E-state index < -0.39 is 60.2 Å². The second-order valence-corrected chi connectivity index (χ2v) is 9.43. The summed E-state index contributed by atoms with van der Waals surface area (Å²) in [6.45, 7) is 3.82. The van der Waals surface area contributed by atoms with E-state index in [1.807, 2.05) is 6.92 Å². The SMILES string of the molecule is CCC(C)C(NC(=O)C(N)CCCN=C(N)N)C(=O)NC(Cc1ccc(O)cc1)C(=O)NC(CC(N)=O)C(=O)O. The van der Waals surface area contributed by atoms with Crippen molar-refractivity contribution in [1.29, 1.82) is 0 Å². The summed E-state index contributed by atoms with van der Waals surface area (Å²) in [5.74, 6) is -5.07. The molecule has 222 valence electrons. The largest absolute Gasteiger partial charge is 0.508 e. The predicted octanol–water partition coefficient (Wildman–Crippen LogP) is -2.22. The van der Waals surface area contributed by atoms with E-state index in [4.69, 9.17) is 22.9 Å². The molecule has 0 aromatic heterocycles. The van der Waals surface area contributed by atoms with Crippen molar-refractivity contribution in [2.24, 2.45) is 33.8 Å². The Kier molecular flexibility index (Phi) is 13.9. The van der Waals surface area contributed by atoms with Crippen molar-refractivity contribution in [3.05, 3.63) is 29.8 Å². The number of carbonyl (C=O) groups excluding carboxylic acids is 4. The Balaban J connectivity index is 3.11. The summed E-state index contributed by atoms with van der Waals surface area (Å²) in [7, 11) is 0. The molecule has 0 bridgehead atoms. The third-order valence-corrected chi connectivity index (χ3v) is 6.13. The maximum absolute atomic E-state index is 13.4. The highest BCUT2D eigenvalue weighted by Crippen LogP contribution is 2.14. The van der Waals surface area contributed by atoms with Gasteiger partial charge in [0.25, 0.3) is 0 Å². The molecule has 15 heteroatoms. The normalized spacial score (nSPS) is 14.5. The Morgan fingerprint density at radius 1 is 0.925 bits per heavy atom. The number of nitrogens with zero attached hydrogens (tertiary/aromatic N) is 1. The lowest BCUT2D eigenvalue weighted by Gasteiger charge is -2.28. The van der Waals surface area contributed by atoms with Crippen LogP contribution < -0.4 is 38.9 Å². The lowest BCUT2D eigenvalue weighted by Crippen LogP contribution is -2.59. The number of nitrogens with two attached hydrogens (primary N) is 4. The summed E-state index contributed by atoms with van der Waals surface area (Å²) >= 11 is 0. The standard InChI is InChI=1S/C25H40N8O7/c1-3-13(2)20(33-21(36)16(26)5-4-10-30-25(28)29)23(38)31-17(11-14-6-8-15(34)9-7-14)22(37)32-18(24(39)40)12-19(27)35/h6-9,13,16-18,20,34H,3-5,10-12,26H2,1-2H3,(H2,27,35)(H,31,38)(H,32,37)(H,33,36)(H,39,40)(H4,28,29,30). The number of phenolic OH excluding ortho intramolecular Hbond substituents is 1. The van der Waals surface area contributed by atoms with E-state index in [0.717, 1.165) is 0 Å². The number of hydrogen-bond donors (Lipinski definition) is 9. The van der Waals surface area contributed by atoms with Gasteiger partial charge in [0.1, 0.15) is 23.9 Å². The molecule has 15 nitrogen and oxygen atoms in total. The molecule has 0 heterocycles. The van der Waals surface area contributed by atoms with Crippen molar-refractivity contribution in [2.75, 3.05) is 6.54 Å². The van der Waals surface area contributed by atoms with Crippen LogP contribution in [-0.4, -0.2) is 76.5 Å². The van der Waals surface area contributed by atoms with Gasteiger partial charge in [-0.3, -0.25) is 24.2 Å². The highest BCUT2D eigenvalue weighted by Gasteiger charge is 2.33. The first-order valence-corrected chi connectivity index (χ1v) is 12.8. The van der Waals surface area contributed by atoms with Crippen LogP contribution in [0.5, 0.6) is 5.75 Å². The number of phenols is 1. The first kappa shape index (κ1) is 33.6. The number of benzene rings is 1. The second kappa shape index (κ2) is 16.5. The highest BCUT2D eigenvalue weighted by atomic mass is 16.4. The summed E-state index contributed by atoms with van der Waals surface area (Å²) < 4.78 is 0. The zero-order valence-corrected chi connectivity index (χ0v) is 22.6. The molecule has 1 rings (SSSR count). The maximum atomic E-state index is 13.4. The van der Waals surface area contributed by atoms with Crippen molar-refractivity contribution >= 4 is 35.6 Å². The van der Waals surface area contributed by atoms with Crippen molar-refractivity contribution in [3.63, 3.8) is 0 Å². The number of hydrogen-bond acceptors (Lipinski definition) is 8. The molecule has 0 spiro atoms. The van der Waals surface area contributed by atoms with Crippen LogP contribution in [-0.2, 0) is 30.4 Å². The Labute approximate surface area is 232 Å². The molecule has 0 fully saturated rings. The average molecular weight is 565 g/mol. The van der Waals surface area contributed by atoms with E-state index in [2.05, 4.69) is 20.9 Å². The second-order valence-electron chi connectivity index (χ2n) is 9.43. The van der Waals surface area contributed by atoms with Gasteiger partial charge in [0, 0.05) is 13.0 Å². The topological polar surface area (TPSA) is 278 Å². The van der Waals surface area contributed by atoms with Gasteiger partial charge in [-0.1, -0.05) is 32.4 Å². The molecule has 13 N–H and O–H groups in total. The molecule has 0 saturated carbocycles. The minimum atomic E-state index is -1.62. The van der Waals surface area contributed by atoms with Gasteiger partial charge >= 0.3 is 5.97 Å². The lowest BCUT2D eigenvalue weighted by molar-refractivity contribution is -0.143. The van der Waals surface area contributed by atoms with Gasteiger partial charge in [-0.05, 0) is 36.5 Å². The third kappa shape index (κ3) is 12.0. The number of carboxylic acids is 1. The van der Waals surface area contributed by atoms with Crippen molar-refractivity contribution < 1.29 is 34.2 Å². The van der Waals surface area contributed by atoms with E-state index in [0.29, 0.717) is 18.4 Å². The Morgan fingerprint density at radius 2 is 1.52 bits per heavy atom. The number of aliphatic imine (C=N–C) groups is 1. The fourth-order valence-electron chi connectivity index (χ4n) is 3.62. The fraction of sp³-hybridized carbons (Fsp3) is 0.520. The van der Waals surface area contributed by atoms with E-state index in [1.165, 1.54) is 24.3 Å². The van der Waals surface area contributed by atoms with Gasteiger partial charge < -0.3 is 49.1 Å². The van der Waals surface area contributed by atoms with Crippen molar-refractivity contribution in [1.82, 2.24) is 16.0 Å². The zero-order chi connectivity index (χ0) is 30.4. The predicted molar refractivity (Wildman–Crippen MR) is 146 cm³/mol. The molecule has 4 amide bonds. The number of guanidine groups is 1. The number of aliphatic carboxylic acids is 1. The monoisotopic (exact) mass is 564 g/mol. The average Bonchev–Trinajstić information content (AvgIpc) is 2.88. The molecule has 5 unspecified atom stereocenters. The first-order valence-electron chi connectivity index (χ1n) is 12.8. The van der Waals surface area contributed by atoms with Gasteiger partial charge in [-0.25, -0.2) is 4.79 Å². The maximum Gasteiger partial charge on any atom is 0.326 e. The quantitative estimate of drug-likeness (QED) is 0.0558. The molecule has 5 atom stereocenters. The zero-order valence-electron chi connectivity index (χ0n) is 22.6. The number of amides is 4. The van der Waals surface area contributed by atoms with Gasteiger partial charge in [-0.15, -0.1) is 0 Å². The van der Waals surface area contributed by atoms with Crippen LogP contribution in [0.3, 0.4) is 0 Å². The van der Waals surface area contributed by atoms with E-state index in [9.17, 15) is 34.2 Å². The van der Waals surface area contributed by atoms with E-state index in [1.54, 1.807) is 6.92 Å². The first-order chi connectivity index (χ1) is 18.7. The summed E-state index contributed by atoms with van der Waals surface area (Å²) in [5.41, 5.74) is 22.2. The van der Waals surface area contributed by atoms with Crippen LogP contribution in [0.25, 0.3) is 0 Å². The smallest absolute Gasteiger partial charge is 0.326 e. The molecule has 0 saturated heterocycles. The number of carboxylic acid groups (broad SMARTS) is 1. The van der Waals surface area contributed by atoms with E-state index >= 15 is 0 Å². The summed E-state index contributed by atoms with van der Waals surface area (Å²) in [5, 5.41) is 26.4. The van der Waals surface area contributed by atoms with Crippen LogP contribution in [0, 0.1) is 5.92 Å². The Bertz CT molecular complexity index is 1060. The molecule has 0 aliphatic heterocycles. The summed E-state index contributed by atoms with van der Waals surface area (Å²) in [4.78, 5) is 65.9. The number of nitrogens with one attached hydrogen (secondary N) is 3. The molecule has 0 radical (unpaired) electrons. The van der Waals surface area contributed by atoms with Crippen LogP contribution in [0.1, 0.15) is 45.1 Å². The van der Waals surface area contributed by atoms with Crippen LogP contribution in [0.15, 0.2) is 29.3 Å². The van der Waals surface area contributed by atoms with Gasteiger partial charge in [0.2, 0.25) is 23.6 Å². The van der Waals surface area contributed by atoms with Gasteiger partial charge in [0.05, 0.1) is 12.5 Å². The van der Waals surface area contributed by atoms with Crippen molar-refractivity contribution in [2.45, 2.75) is 70.1 Å². The van der Waals surface area contributed by atoms with Gasteiger partial charge in [-0.2, -0.15) is 0 Å². The minimum absolute atomic E-state index is 0.0182. The fourth-order valence-corrected chi connectivity index (χ4v) is 3.62. The molecule has 40 heavy (non-hydrogen) atoms.